The van der Waals surface area contributed by atoms with E-state index in [4.69, 9.17) is 16.1 Å². The van der Waals surface area contributed by atoms with Crippen molar-refractivity contribution in [1.82, 2.24) is 15.2 Å². The molecule has 6 nitrogen and oxygen atoms in total. The molecule has 0 aliphatic heterocycles. The molecule has 1 heterocycles. The smallest absolute Gasteiger partial charge is 0.209 e. The second kappa shape index (κ2) is 7.23. The van der Waals surface area contributed by atoms with Crippen molar-refractivity contribution in [3.8, 4) is 0 Å². The lowest BCUT2D eigenvalue weighted by Gasteiger charge is -2.22. The van der Waals surface area contributed by atoms with Crippen molar-refractivity contribution >= 4 is 21.6 Å². The molecule has 0 radical (unpaired) electrons. The molecule has 1 unspecified atom stereocenters. The number of aryl methyl sites for hydroxylation is 1. The molecule has 0 spiro atoms. The third kappa shape index (κ3) is 4.57. The van der Waals surface area contributed by atoms with Crippen LogP contribution >= 0.6 is 11.6 Å². The first kappa shape index (κ1) is 17.4. The van der Waals surface area contributed by atoms with Crippen LogP contribution in [0.2, 0.25) is 5.02 Å². The lowest BCUT2D eigenvalue weighted by molar-refractivity contribution is 0.351. The average Bonchev–Trinajstić information content (AvgIpc) is 2.94. The first-order valence-corrected chi connectivity index (χ1v) is 10.1. The van der Waals surface area contributed by atoms with E-state index in [9.17, 15) is 8.42 Å². The highest BCUT2D eigenvalue weighted by Crippen LogP contribution is 2.25. The number of nitrogens with one attached hydrogen (secondary N) is 2. The minimum Gasteiger partial charge on any atom is -0.361 e. The molecule has 0 saturated heterocycles. The third-order valence-corrected chi connectivity index (χ3v) is 5.05. The number of hydrogen-bond donors (Lipinski definition) is 2. The summed E-state index contributed by atoms with van der Waals surface area (Å²) in [5.41, 5.74) is 2.87. The molecule has 2 N–H and O–H groups in total. The van der Waals surface area contributed by atoms with Gasteiger partial charge in [0.15, 0.2) is 0 Å². The molecule has 0 amide bonds. The molecule has 1 aromatic carbocycles. The van der Waals surface area contributed by atoms with Crippen molar-refractivity contribution in [2.24, 2.45) is 0 Å². The van der Waals surface area contributed by atoms with Crippen LogP contribution in [0.4, 0.5) is 0 Å². The number of aromatic nitrogens is 1. The highest BCUT2D eigenvalue weighted by molar-refractivity contribution is 7.88. The maximum Gasteiger partial charge on any atom is 0.209 e. The standard InChI is InChI=1S/C16H20ClN3O3S/c1-24(21,22)19-10-15-14-8-13(6-7-16(14)23-20-15)18-9-11-2-4-12(17)5-3-11/h2-5,13,18-19H,6-10H2,1H3. The van der Waals surface area contributed by atoms with Crippen LogP contribution in [0, 0.1) is 0 Å². The van der Waals surface area contributed by atoms with Crippen LogP contribution in [0.25, 0.3) is 0 Å². The van der Waals surface area contributed by atoms with Gasteiger partial charge in [-0.15, -0.1) is 0 Å². The van der Waals surface area contributed by atoms with Crippen molar-refractivity contribution in [3.63, 3.8) is 0 Å². The first-order chi connectivity index (χ1) is 11.4. The number of sulfonamides is 1. The fraction of sp³-hybridized carbons (Fsp3) is 0.438. The Hall–Kier alpha value is -1.41. The summed E-state index contributed by atoms with van der Waals surface area (Å²) in [5.74, 6) is 0.866. The topological polar surface area (TPSA) is 84.2 Å². The molecular weight excluding hydrogens is 350 g/mol. The second-order valence-electron chi connectivity index (χ2n) is 6.07. The van der Waals surface area contributed by atoms with E-state index in [0.29, 0.717) is 11.7 Å². The van der Waals surface area contributed by atoms with Gasteiger partial charge in [-0.2, -0.15) is 0 Å². The summed E-state index contributed by atoms with van der Waals surface area (Å²) in [4.78, 5) is 0. The zero-order valence-corrected chi connectivity index (χ0v) is 15.0. The van der Waals surface area contributed by atoms with Crippen molar-refractivity contribution in [1.29, 1.82) is 0 Å². The second-order valence-corrected chi connectivity index (χ2v) is 8.34. The van der Waals surface area contributed by atoms with Gasteiger partial charge in [0.1, 0.15) is 11.5 Å². The number of fused-ring (bicyclic) bond motifs is 1. The molecule has 1 aromatic heterocycles. The Morgan fingerprint density at radius 1 is 1.29 bits per heavy atom. The molecule has 1 aliphatic rings. The number of nitrogens with zero attached hydrogens (tertiary/aromatic N) is 1. The summed E-state index contributed by atoms with van der Waals surface area (Å²) in [6.07, 6.45) is 3.69. The summed E-state index contributed by atoms with van der Waals surface area (Å²) in [6, 6.07) is 8.08. The summed E-state index contributed by atoms with van der Waals surface area (Å²) in [5, 5.41) is 8.29. The predicted octanol–water partition coefficient (Wildman–Crippen LogP) is 2.02. The van der Waals surface area contributed by atoms with Crippen LogP contribution in [-0.2, 0) is 36.0 Å². The normalized spacial score (nSPS) is 17.7. The Kier molecular flexibility index (Phi) is 5.24. The molecule has 0 fully saturated rings. The van der Waals surface area contributed by atoms with E-state index in [1.807, 2.05) is 24.3 Å². The maximum absolute atomic E-state index is 11.3. The van der Waals surface area contributed by atoms with Crippen molar-refractivity contribution in [2.75, 3.05) is 6.26 Å². The van der Waals surface area contributed by atoms with Gasteiger partial charge in [-0.25, -0.2) is 13.1 Å². The average molecular weight is 370 g/mol. The Balaban J connectivity index is 1.61. The zero-order valence-electron chi connectivity index (χ0n) is 13.4. The van der Waals surface area contributed by atoms with Gasteiger partial charge in [-0.3, -0.25) is 0 Å². The summed E-state index contributed by atoms with van der Waals surface area (Å²) in [6.45, 7) is 0.931. The van der Waals surface area contributed by atoms with Crippen LogP contribution < -0.4 is 10.0 Å². The SMILES string of the molecule is CS(=O)(=O)NCc1noc2c1CC(NCc1ccc(Cl)cc1)CC2. The van der Waals surface area contributed by atoms with Gasteiger partial charge < -0.3 is 9.84 Å². The van der Waals surface area contributed by atoms with E-state index in [-0.39, 0.29) is 6.54 Å². The number of rotatable bonds is 6. The first-order valence-electron chi connectivity index (χ1n) is 7.79. The molecule has 2 aromatic rings. The summed E-state index contributed by atoms with van der Waals surface area (Å²) in [7, 11) is -3.25. The fourth-order valence-electron chi connectivity index (χ4n) is 2.84. The van der Waals surface area contributed by atoms with Gasteiger partial charge in [0.2, 0.25) is 10.0 Å². The van der Waals surface area contributed by atoms with E-state index in [0.717, 1.165) is 48.4 Å². The monoisotopic (exact) mass is 369 g/mol. The van der Waals surface area contributed by atoms with Crippen LogP contribution in [0.15, 0.2) is 28.8 Å². The van der Waals surface area contributed by atoms with E-state index >= 15 is 0 Å². The van der Waals surface area contributed by atoms with Gasteiger partial charge in [0.25, 0.3) is 0 Å². The van der Waals surface area contributed by atoms with Crippen LogP contribution in [0.5, 0.6) is 0 Å². The molecule has 8 heteroatoms. The van der Waals surface area contributed by atoms with Gasteiger partial charge in [0.05, 0.1) is 12.8 Å². The van der Waals surface area contributed by atoms with Crippen LogP contribution in [0.3, 0.4) is 0 Å². The maximum atomic E-state index is 11.3. The van der Waals surface area contributed by atoms with Gasteiger partial charge in [0, 0.05) is 29.6 Å². The number of halogens is 1. The molecule has 3 rings (SSSR count). The highest BCUT2D eigenvalue weighted by atomic mass is 35.5. The molecule has 24 heavy (non-hydrogen) atoms. The molecule has 1 aliphatic carbocycles. The molecule has 0 bridgehead atoms. The van der Waals surface area contributed by atoms with Crippen molar-refractivity contribution in [3.05, 3.63) is 51.9 Å². The van der Waals surface area contributed by atoms with Gasteiger partial charge in [-0.1, -0.05) is 28.9 Å². The highest BCUT2D eigenvalue weighted by Gasteiger charge is 2.25. The largest absolute Gasteiger partial charge is 0.361 e. The molecule has 1 atom stereocenters. The third-order valence-electron chi connectivity index (χ3n) is 4.13. The fourth-order valence-corrected chi connectivity index (χ4v) is 3.37. The zero-order chi connectivity index (χ0) is 17.2. The number of benzene rings is 1. The van der Waals surface area contributed by atoms with E-state index in [1.165, 1.54) is 5.56 Å². The van der Waals surface area contributed by atoms with Gasteiger partial charge in [-0.05, 0) is 30.5 Å². The minimum absolute atomic E-state index is 0.168. The summed E-state index contributed by atoms with van der Waals surface area (Å²) < 4.78 is 30.3. The number of hydrogen-bond acceptors (Lipinski definition) is 5. The molecule has 0 saturated carbocycles. The minimum atomic E-state index is -3.25. The Labute approximate surface area is 146 Å². The van der Waals surface area contributed by atoms with E-state index in [2.05, 4.69) is 15.2 Å². The quantitative estimate of drug-likeness (QED) is 0.813. The predicted molar refractivity (Wildman–Crippen MR) is 92.3 cm³/mol. The van der Waals surface area contributed by atoms with Crippen molar-refractivity contribution < 1.29 is 12.9 Å². The summed E-state index contributed by atoms with van der Waals surface area (Å²) >= 11 is 5.90. The molecular formula is C16H20ClN3O3S. The van der Waals surface area contributed by atoms with E-state index in [1.54, 1.807) is 0 Å². The Bertz CT molecular complexity index is 802. The van der Waals surface area contributed by atoms with Crippen molar-refractivity contribution in [2.45, 2.75) is 38.4 Å². The van der Waals surface area contributed by atoms with Crippen LogP contribution in [-0.4, -0.2) is 25.9 Å². The lowest BCUT2D eigenvalue weighted by atomic mass is 9.92. The lowest BCUT2D eigenvalue weighted by Crippen LogP contribution is -2.34. The molecule has 130 valence electrons. The van der Waals surface area contributed by atoms with E-state index < -0.39 is 10.0 Å². The van der Waals surface area contributed by atoms with Crippen LogP contribution in [0.1, 0.15) is 29.0 Å². The Morgan fingerprint density at radius 2 is 2.04 bits per heavy atom. The van der Waals surface area contributed by atoms with Gasteiger partial charge >= 0.3 is 0 Å². The Morgan fingerprint density at radius 3 is 2.75 bits per heavy atom.